The monoisotopic (exact) mass is 235 g/mol. The number of esters is 1. The maximum Gasteiger partial charge on any atom is 0.328 e. The Bertz CT molecular complexity index is 373. The van der Waals surface area contributed by atoms with Crippen LogP contribution in [0, 0.1) is 0 Å². The zero-order valence-electron chi connectivity index (χ0n) is 9.85. The van der Waals surface area contributed by atoms with E-state index in [1.165, 1.54) is 6.20 Å². The van der Waals surface area contributed by atoms with E-state index in [2.05, 4.69) is 11.9 Å². The molecule has 92 valence electrons. The average molecular weight is 235 g/mol. The third-order valence-corrected chi connectivity index (χ3v) is 2.27. The molecule has 0 aliphatic carbocycles. The fourth-order valence-electron chi connectivity index (χ4n) is 1.46. The van der Waals surface area contributed by atoms with Crippen molar-refractivity contribution in [3.05, 3.63) is 42.6 Å². The lowest BCUT2D eigenvalue weighted by Crippen LogP contribution is -2.36. The van der Waals surface area contributed by atoms with Crippen molar-refractivity contribution in [3.63, 3.8) is 0 Å². The van der Waals surface area contributed by atoms with Gasteiger partial charge in [0, 0.05) is 6.42 Å². The first kappa shape index (κ1) is 13.1. The van der Waals surface area contributed by atoms with Crippen molar-refractivity contribution in [1.29, 1.82) is 0 Å². The summed E-state index contributed by atoms with van der Waals surface area (Å²) in [5.74, 6) is -0.0985. The highest BCUT2D eigenvalue weighted by atomic mass is 16.5. The van der Waals surface area contributed by atoms with Gasteiger partial charge in [0.15, 0.2) is 0 Å². The molecule has 1 atom stereocenters. The van der Waals surface area contributed by atoms with E-state index in [1.54, 1.807) is 31.2 Å². The topological polar surface area (TPSA) is 58.6 Å². The summed E-state index contributed by atoms with van der Waals surface area (Å²) in [7, 11) is 0. The van der Waals surface area contributed by atoms with Crippen LogP contribution in [0.5, 0.6) is 5.75 Å². The standard InChI is InChI=1S/C13H17NO3/c1-3-14-12(13(16)17-4-2)9-10-5-7-11(15)8-6-10/h3,5-8,12,14-15H,1,4,9H2,2H3/t12-/m0/s1. The Labute approximate surface area is 101 Å². The van der Waals surface area contributed by atoms with Crippen LogP contribution in [0.3, 0.4) is 0 Å². The Morgan fingerprint density at radius 2 is 2.18 bits per heavy atom. The first-order chi connectivity index (χ1) is 8.17. The van der Waals surface area contributed by atoms with E-state index in [0.717, 1.165) is 5.56 Å². The summed E-state index contributed by atoms with van der Waals surface area (Å²) in [5, 5.41) is 12.0. The Morgan fingerprint density at radius 1 is 1.53 bits per heavy atom. The van der Waals surface area contributed by atoms with Gasteiger partial charge in [-0.1, -0.05) is 18.7 Å². The number of benzene rings is 1. The molecule has 0 aliphatic rings. The summed E-state index contributed by atoms with van der Waals surface area (Å²) >= 11 is 0. The van der Waals surface area contributed by atoms with Gasteiger partial charge in [0.1, 0.15) is 11.8 Å². The summed E-state index contributed by atoms with van der Waals surface area (Å²) in [6, 6.07) is 6.27. The number of hydrogen-bond donors (Lipinski definition) is 2. The van der Waals surface area contributed by atoms with Crippen molar-refractivity contribution in [1.82, 2.24) is 5.32 Å². The summed E-state index contributed by atoms with van der Waals surface area (Å²) in [5.41, 5.74) is 0.940. The van der Waals surface area contributed by atoms with E-state index in [-0.39, 0.29) is 11.7 Å². The molecule has 0 fully saturated rings. The number of rotatable bonds is 6. The van der Waals surface area contributed by atoms with Crippen molar-refractivity contribution < 1.29 is 14.6 Å². The van der Waals surface area contributed by atoms with Gasteiger partial charge in [0.25, 0.3) is 0 Å². The summed E-state index contributed by atoms with van der Waals surface area (Å²) in [6.07, 6.45) is 1.97. The van der Waals surface area contributed by atoms with Gasteiger partial charge in [-0.3, -0.25) is 0 Å². The molecule has 2 N–H and O–H groups in total. The number of ether oxygens (including phenoxy) is 1. The minimum Gasteiger partial charge on any atom is -0.508 e. The number of hydrogen-bond acceptors (Lipinski definition) is 4. The molecule has 1 aromatic carbocycles. The fraction of sp³-hybridized carbons (Fsp3) is 0.308. The number of phenols is 1. The molecule has 0 aliphatic heterocycles. The molecule has 0 spiro atoms. The lowest BCUT2D eigenvalue weighted by molar-refractivity contribution is -0.145. The Hall–Kier alpha value is -1.97. The first-order valence-electron chi connectivity index (χ1n) is 5.49. The molecule has 0 radical (unpaired) electrons. The molecule has 4 heteroatoms. The van der Waals surface area contributed by atoms with E-state index in [0.29, 0.717) is 13.0 Å². The number of aromatic hydroxyl groups is 1. The third-order valence-electron chi connectivity index (χ3n) is 2.27. The maximum absolute atomic E-state index is 11.6. The second-order valence-electron chi connectivity index (χ2n) is 3.55. The van der Waals surface area contributed by atoms with Crippen molar-refractivity contribution in [2.75, 3.05) is 6.61 Å². The lowest BCUT2D eigenvalue weighted by Gasteiger charge is -2.15. The van der Waals surface area contributed by atoms with Crippen LogP contribution in [0.4, 0.5) is 0 Å². The predicted molar refractivity (Wildman–Crippen MR) is 65.6 cm³/mol. The van der Waals surface area contributed by atoms with E-state index in [4.69, 9.17) is 9.84 Å². The molecule has 0 bridgehead atoms. The van der Waals surface area contributed by atoms with Crippen LogP contribution in [-0.2, 0) is 16.0 Å². The van der Waals surface area contributed by atoms with Crippen LogP contribution in [0.2, 0.25) is 0 Å². The van der Waals surface area contributed by atoms with Gasteiger partial charge in [-0.05, 0) is 30.8 Å². The van der Waals surface area contributed by atoms with Crippen molar-refractivity contribution >= 4 is 5.97 Å². The first-order valence-corrected chi connectivity index (χ1v) is 5.49. The summed E-state index contributed by atoms with van der Waals surface area (Å²) in [4.78, 5) is 11.6. The molecule has 0 saturated carbocycles. The van der Waals surface area contributed by atoms with Crippen LogP contribution in [0.25, 0.3) is 0 Å². The molecule has 0 heterocycles. The minimum atomic E-state index is -0.447. The minimum absolute atomic E-state index is 0.207. The predicted octanol–water partition coefficient (Wildman–Crippen LogP) is 1.60. The van der Waals surface area contributed by atoms with Crippen molar-refractivity contribution in [3.8, 4) is 5.75 Å². The van der Waals surface area contributed by atoms with Crippen LogP contribution in [-0.4, -0.2) is 23.7 Å². The highest BCUT2D eigenvalue weighted by molar-refractivity contribution is 5.76. The molecule has 0 saturated heterocycles. The van der Waals surface area contributed by atoms with Gasteiger partial charge in [0.05, 0.1) is 6.61 Å². The maximum atomic E-state index is 11.6. The highest BCUT2D eigenvalue weighted by Crippen LogP contribution is 2.11. The SMILES string of the molecule is C=CN[C@@H](Cc1ccc(O)cc1)C(=O)OCC. The van der Waals surface area contributed by atoms with Crippen molar-refractivity contribution in [2.45, 2.75) is 19.4 Å². The second-order valence-corrected chi connectivity index (χ2v) is 3.55. The Kier molecular flexibility index (Phi) is 5.07. The number of carbonyl (C=O) groups excluding carboxylic acids is 1. The summed E-state index contributed by atoms with van der Waals surface area (Å²) in [6.45, 7) is 5.66. The molecule has 1 rings (SSSR count). The van der Waals surface area contributed by atoms with Gasteiger partial charge >= 0.3 is 5.97 Å². The van der Waals surface area contributed by atoms with Crippen molar-refractivity contribution in [2.24, 2.45) is 0 Å². The molecular formula is C13H17NO3. The van der Waals surface area contributed by atoms with Gasteiger partial charge < -0.3 is 15.2 Å². The van der Waals surface area contributed by atoms with Crippen LogP contribution in [0.1, 0.15) is 12.5 Å². The molecule has 4 nitrogen and oxygen atoms in total. The Morgan fingerprint density at radius 3 is 2.71 bits per heavy atom. The largest absolute Gasteiger partial charge is 0.508 e. The summed E-state index contributed by atoms with van der Waals surface area (Å²) < 4.78 is 4.95. The molecule has 0 unspecified atom stereocenters. The quantitative estimate of drug-likeness (QED) is 0.735. The molecule has 0 aromatic heterocycles. The number of phenolic OH excluding ortho intramolecular Hbond substituents is 1. The van der Waals surface area contributed by atoms with E-state index < -0.39 is 6.04 Å². The zero-order valence-corrected chi connectivity index (χ0v) is 9.85. The molecular weight excluding hydrogens is 218 g/mol. The van der Waals surface area contributed by atoms with E-state index in [9.17, 15) is 4.79 Å². The molecule has 1 aromatic rings. The van der Waals surface area contributed by atoms with Gasteiger partial charge in [-0.15, -0.1) is 0 Å². The smallest absolute Gasteiger partial charge is 0.328 e. The highest BCUT2D eigenvalue weighted by Gasteiger charge is 2.18. The number of nitrogens with one attached hydrogen (secondary N) is 1. The average Bonchev–Trinajstić information content (AvgIpc) is 2.31. The fourth-order valence-corrected chi connectivity index (χ4v) is 1.46. The van der Waals surface area contributed by atoms with E-state index in [1.807, 2.05) is 0 Å². The lowest BCUT2D eigenvalue weighted by atomic mass is 10.1. The molecule has 0 amide bonds. The Balaban J connectivity index is 2.68. The normalized spacial score (nSPS) is 11.6. The van der Waals surface area contributed by atoms with E-state index >= 15 is 0 Å². The molecule has 17 heavy (non-hydrogen) atoms. The van der Waals surface area contributed by atoms with Crippen LogP contribution in [0.15, 0.2) is 37.0 Å². The van der Waals surface area contributed by atoms with Crippen LogP contribution < -0.4 is 5.32 Å². The zero-order chi connectivity index (χ0) is 12.7. The van der Waals surface area contributed by atoms with Gasteiger partial charge in [-0.25, -0.2) is 4.79 Å². The van der Waals surface area contributed by atoms with Crippen LogP contribution >= 0.6 is 0 Å². The van der Waals surface area contributed by atoms with Gasteiger partial charge in [0.2, 0.25) is 0 Å². The number of carbonyl (C=O) groups is 1. The van der Waals surface area contributed by atoms with Gasteiger partial charge in [-0.2, -0.15) is 0 Å². The third kappa shape index (κ3) is 4.18. The second kappa shape index (κ2) is 6.58.